The zero-order valence-corrected chi connectivity index (χ0v) is 16.7. The first kappa shape index (κ1) is 19.6. The average Bonchev–Trinajstić information content (AvgIpc) is 2.75. The van der Waals surface area contributed by atoms with Gasteiger partial charge < -0.3 is 4.74 Å². The summed E-state index contributed by atoms with van der Waals surface area (Å²) in [6, 6.07) is 26.9. The predicted octanol–water partition coefficient (Wildman–Crippen LogP) is 5.06. The molecule has 0 aliphatic heterocycles. The van der Waals surface area contributed by atoms with E-state index in [-0.39, 0.29) is 12.5 Å². The van der Waals surface area contributed by atoms with Crippen LogP contribution in [0.15, 0.2) is 101 Å². The number of hydrogen-bond acceptors (Lipinski definition) is 3. The summed E-state index contributed by atoms with van der Waals surface area (Å²) in [6.45, 7) is -0.115. The number of hydrogen-bond donors (Lipinski definition) is 1. The molecule has 1 amide bonds. The van der Waals surface area contributed by atoms with Crippen molar-refractivity contribution in [2.75, 3.05) is 6.61 Å². The van der Waals surface area contributed by atoms with E-state index in [2.05, 4.69) is 26.5 Å². The Morgan fingerprint density at radius 1 is 0.929 bits per heavy atom. The number of halogens is 1. The number of amides is 1. The highest BCUT2D eigenvalue weighted by Crippen LogP contribution is 2.15. The summed E-state index contributed by atoms with van der Waals surface area (Å²) in [5.74, 6) is 0.291. The fourth-order valence-electron chi connectivity index (χ4n) is 2.38. The van der Waals surface area contributed by atoms with Gasteiger partial charge in [0.25, 0.3) is 5.91 Å². The van der Waals surface area contributed by atoms with Crippen molar-refractivity contribution in [2.24, 2.45) is 5.10 Å². The number of benzene rings is 3. The van der Waals surface area contributed by atoms with Crippen LogP contribution in [0.4, 0.5) is 0 Å². The zero-order chi connectivity index (χ0) is 19.6. The summed E-state index contributed by atoms with van der Waals surface area (Å²) in [6.07, 6.45) is 3.83. The normalized spacial score (nSPS) is 11.4. The van der Waals surface area contributed by atoms with E-state index in [1.165, 1.54) is 0 Å². The molecule has 0 bridgehead atoms. The molecule has 28 heavy (non-hydrogen) atoms. The Kier molecular flexibility index (Phi) is 7.15. The molecule has 5 heteroatoms. The first-order valence-corrected chi connectivity index (χ1v) is 9.53. The van der Waals surface area contributed by atoms with Crippen LogP contribution in [0.25, 0.3) is 6.08 Å². The van der Waals surface area contributed by atoms with Crippen LogP contribution in [0.3, 0.4) is 0 Å². The van der Waals surface area contributed by atoms with Gasteiger partial charge in [0.15, 0.2) is 6.61 Å². The minimum Gasteiger partial charge on any atom is -0.484 e. The van der Waals surface area contributed by atoms with Crippen molar-refractivity contribution in [3.63, 3.8) is 0 Å². The van der Waals surface area contributed by atoms with E-state index in [1.54, 1.807) is 12.1 Å². The Balaban J connectivity index is 1.67. The monoisotopic (exact) mass is 434 g/mol. The Bertz CT molecular complexity index is 953. The van der Waals surface area contributed by atoms with E-state index >= 15 is 0 Å². The number of nitrogens with one attached hydrogen (secondary N) is 1. The molecular weight excluding hydrogens is 416 g/mol. The molecule has 0 atom stereocenters. The van der Waals surface area contributed by atoms with Crippen LogP contribution >= 0.6 is 15.9 Å². The van der Waals surface area contributed by atoms with Crippen LogP contribution in [0, 0.1) is 0 Å². The molecule has 0 aromatic heterocycles. The summed E-state index contributed by atoms with van der Waals surface area (Å²) < 4.78 is 6.42. The van der Waals surface area contributed by atoms with Crippen molar-refractivity contribution in [2.45, 2.75) is 0 Å². The van der Waals surface area contributed by atoms with Crippen molar-refractivity contribution in [1.82, 2.24) is 5.43 Å². The minimum atomic E-state index is -0.329. The summed E-state index contributed by atoms with van der Waals surface area (Å²) in [5, 5.41) is 4.28. The number of hydrazone groups is 1. The minimum absolute atomic E-state index is 0.115. The SMILES string of the molecule is O=C(COc1ccc(Br)cc1)N/N=C(\C=C\c1ccccc1)c1ccccc1. The van der Waals surface area contributed by atoms with Crippen LogP contribution in [0.5, 0.6) is 5.75 Å². The molecule has 1 N–H and O–H groups in total. The summed E-state index contributed by atoms with van der Waals surface area (Å²) >= 11 is 3.36. The maximum Gasteiger partial charge on any atom is 0.277 e. The van der Waals surface area contributed by atoms with Crippen LogP contribution in [0.2, 0.25) is 0 Å². The third kappa shape index (κ3) is 6.21. The third-order valence-corrected chi connectivity index (χ3v) is 4.32. The molecule has 0 unspecified atom stereocenters. The Morgan fingerprint density at radius 3 is 2.25 bits per heavy atom. The van der Waals surface area contributed by atoms with Crippen molar-refractivity contribution in [1.29, 1.82) is 0 Å². The predicted molar refractivity (Wildman–Crippen MR) is 116 cm³/mol. The van der Waals surface area contributed by atoms with E-state index in [0.29, 0.717) is 11.5 Å². The van der Waals surface area contributed by atoms with Gasteiger partial charge in [0, 0.05) is 10.0 Å². The number of carbonyl (C=O) groups is 1. The maximum absolute atomic E-state index is 12.1. The standard InChI is InChI=1S/C23H19BrN2O2/c24-20-12-14-21(15-13-20)28-17-23(27)26-25-22(19-9-5-2-6-10-19)16-11-18-7-3-1-4-8-18/h1-16H,17H2,(H,26,27)/b16-11+,25-22+. The van der Waals surface area contributed by atoms with Crippen LogP contribution in [-0.4, -0.2) is 18.2 Å². The molecule has 0 aliphatic carbocycles. The first-order valence-electron chi connectivity index (χ1n) is 8.74. The van der Waals surface area contributed by atoms with E-state index in [1.807, 2.05) is 84.9 Å². The maximum atomic E-state index is 12.1. The molecule has 3 aromatic carbocycles. The largest absolute Gasteiger partial charge is 0.484 e. The molecule has 0 radical (unpaired) electrons. The second-order valence-electron chi connectivity index (χ2n) is 5.88. The zero-order valence-electron chi connectivity index (χ0n) is 15.1. The fourth-order valence-corrected chi connectivity index (χ4v) is 2.65. The van der Waals surface area contributed by atoms with E-state index < -0.39 is 0 Å². The van der Waals surface area contributed by atoms with Gasteiger partial charge in [0.2, 0.25) is 0 Å². The summed E-state index contributed by atoms with van der Waals surface area (Å²) in [4.78, 5) is 12.1. The summed E-state index contributed by atoms with van der Waals surface area (Å²) in [7, 11) is 0. The lowest BCUT2D eigenvalue weighted by atomic mass is 10.1. The highest BCUT2D eigenvalue weighted by atomic mass is 79.9. The topological polar surface area (TPSA) is 50.7 Å². The van der Waals surface area contributed by atoms with E-state index in [9.17, 15) is 4.79 Å². The highest BCUT2D eigenvalue weighted by molar-refractivity contribution is 9.10. The molecular formula is C23H19BrN2O2. The van der Waals surface area contributed by atoms with Gasteiger partial charge in [0.05, 0.1) is 5.71 Å². The van der Waals surface area contributed by atoms with Crippen LogP contribution in [-0.2, 0) is 4.79 Å². The molecule has 0 spiro atoms. The second-order valence-corrected chi connectivity index (χ2v) is 6.80. The number of carbonyl (C=O) groups excluding carboxylic acids is 1. The molecule has 0 saturated heterocycles. The Morgan fingerprint density at radius 2 is 1.57 bits per heavy atom. The number of rotatable bonds is 7. The highest BCUT2D eigenvalue weighted by Gasteiger charge is 2.04. The Labute approximate surface area is 172 Å². The van der Waals surface area contributed by atoms with Crippen LogP contribution in [0.1, 0.15) is 11.1 Å². The molecule has 0 fully saturated rings. The third-order valence-electron chi connectivity index (χ3n) is 3.79. The van der Waals surface area contributed by atoms with Crippen molar-refractivity contribution >= 4 is 33.6 Å². The number of allylic oxidation sites excluding steroid dienone is 1. The molecule has 0 aliphatic rings. The molecule has 3 rings (SSSR count). The molecule has 0 saturated carbocycles. The molecule has 3 aromatic rings. The van der Waals surface area contributed by atoms with E-state index in [0.717, 1.165) is 15.6 Å². The Hall–Kier alpha value is -3.18. The van der Waals surface area contributed by atoms with E-state index in [4.69, 9.17) is 4.74 Å². The molecule has 0 heterocycles. The quantitative estimate of drug-likeness (QED) is 0.417. The molecule has 140 valence electrons. The van der Waals surface area contributed by atoms with Gasteiger partial charge >= 0.3 is 0 Å². The van der Waals surface area contributed by atoms with Crippen molar-refractivity contribution in [3.05, 3.63) is 107 Å². The van der Waals surface area contributed by atoms with Gasteiger partial charge in [-0.25, -0.2) is 5.43 Å². The van der Waals surface area contributed by atoms with Gasteiger partial charge in [-0.05, 0) is 35.9 Å². The van der Waals surface area contributed by atoms with Gasteiger partial charge in [-0.15, -0.1) is 0 Å². The number of nitrogens with zero attached hydrogens (tertiary/aromatic N) is 1. The molecule has 4 nitrogen and oxygen atoms in total. The number of ether oxygens (including phenoxy) is 1. The smallest absolute Gasteiger partial charge is 0.277 e. The van der Waals surface area contributed by atoms with Gasteiger partial charge in [-0.2, -0.15) is 5.10 Å². The lowest BCUT2D eigenvalue weighted by molar-refractivity contribution is -0.123. The van der Waals surface area contributed by atoms with Gasteiger partial charge in [-0.1, -0.05) is 82.7 Å². The fraction of sp³-hybridized carbons (Fsp3) is 0.0435. The average molecular weight is 435 g/mol. The second kappa shape index (κ2) is 10.2. The van der Waals surface area contributed by atoms with Gasteiger partial charge in [-0.3, -0.25) is 4.79 Å². The first-order chi connectivity index (χ1) is 13.7. The van der Waals surface area contributed by atoms with Gasteiger partial charge in [0.1, 0.15) is 5.75 Å². The lowest BCUT2D eigenvalue weighted by Gasteiger charge is -2.06. The summed E-state index contributed by atoms with van der Waals surface area (Å²) in [5.41, 5.74) is 5.17. The van der Waals surface area contributed by atoms with Crippen molar-refractivity contribution < 1.29 is 9.53 Å². The lowest BCUT2D eigenvalue weighted by Crippen LogP contribution is -2.25. The van der Waals surface area contributed by atoms with Crippen molar-refractivity contribution in [3.8, 4) is 5.75 Å². The van der Waals surface area contributed by atoms with Crippen LogP contribution < -0.4 is 10.2 Å².